The number of fused-ring (bicyclic) bond motifs is 1. The molecule has 2 atom stereocenters. The zero-order valence-corrected chi connectivity index (χ0v) is 21.4. The summed E-state index contributed by atoms with van der Waals surface area (Å²) in [5.74, 6) is 2.25. The summed E-state index contributed by atoms with van der Waals surface area (Å²) in [7, 11) is 0. The first-order chi connectivity index (χ1) is 18.6. The van der Waals surface area contributed by atoms with Crippen molar-refractivity contribution in [3.63, 3.8) is 0 Å². The van der Waals surface area contributed by atoms with Gasteiger partial charge in [0.1, 0.15) is 29.5 Å². The number of anilines is 1. The topological polar surface area (TPSA) is 126 Å². The SMILES string of the molecule is N#CCC(=C=O)N1CCC(Nc2cc(C(=O)N3CC[C@@H](N4CCc5ccccc5C4)[C@H](O)C3)ncn2)CC1. The second-order valence-corrected chi connectivity index (χ2v) is 10.2. The summed E-state index contributed by atoms with van der Waals surface area (Å²) in [5, 5.41) is 23.2. The lowest BCUT2D eigenvalue weighted by atomic mass is 9.94. The third-order valence-corrected chi connectivity index (χ3v) is 7.94. The summed E-state index contributed by atoms with van der Waals surface area (Å²) in [6, 6.07) is 12.3. The lowest BCUT2D eigenvalue weighted by Gasteiger charge is -2.43. The van der Waals surface area contributed by atoms with E-state index in [0.717, 1.165) is 32.4 Å². The Morgan fingerprint density at radius 2 is 1.84 bits per heavy atom. The molecule has 1 aromatic carbocycles. The van der Waals surface area contributed by atoms with Crippen molar-refractivity contribution < 1.29 is 14.7 Å². The van der Waals surface area contributed by atoms with Gasteiger partial charge < -0.3 is 20.2 Å². The molecular formula is C28H33N7O3. The summed E-state index contributed by atoms with van der Waals surface area (Å²) in [5.41, 5.74) is 3.40. The second kappa shape index (κ2) is 11.7. The molecular weight excluding hydrogens is 482 g/mol. The van der Waals surface area contributed by atoms with Crippen molar-refractivity contribution in [3.8, 4) is 6.07 Å². The summed E-state index contributed by atoms with van der Waals surface area (Å²) in [6.07, 6.45) is 4.07. The van der Waals surface area contributed by atoms with E-state index in [1.54, 1.807) is 11.0 Å². The number of amides is 1. The van der Waals surface area contributed by atoms with Gasteiger partial charge in [-0.3, -0.25) is 9.69 Å². The molecule has 0 aliphatic carbocycles. The number of nitrogens with zero attached hydrogens (tertiary/aromatic N) is 6. The van der Waals surface area contributed by atoms with Crippen LogP contribution in [0.1, 0.15) is 47.3 Å². The molecule has 38 heavy (non-hydrogen) atoms. The summed E-state index contributed by atoms with van der Waals surface area (Å²) >= 11 is 0. The van der Waals surface area contributed by atoms with E-state index in [1.807, 2.05) is 16.9 Å². The Kier molecular flexibility index (Phi) is 7.99. The number of β-amino-alcohol motifs (C(OH)–C–C–N with tert-alkyl or cyclic N) is 1. The molecule has 2 saturated heterocycles. The Bertz CT molecular complexity index is 1250. The van der Waals surface area contributed by atoms with Gasteiger partial charge in [0.15, 0.2) is 0 Å². The Morgan fingerprint density at radius 1 is 1.08 bits per heavy atom. The van der Waals surface area contributed by atoms with Gasteiger partial charge in [-0.2, -0.15) is 5.26 Å². The minimum Gasteiger partial charge on any atom is -0.390 e. The number of nitrogens with one attached hydrogen (secondary N) is 1. The van der Waals surface area contributed by atoms with Gasteiger partial charge in [-0.25, -0.2) is 14.8 Å². The number of carbonyl (C=O) groups is 1. The van der Waals surface area contributed by atoms with Crippen molar-refractivity contribution in [2.24, 2.45) is 0 Å². The van der Waals surface area contributed by atoms with Gasteiger partial charge >= 0.3 is 0 Å². The van der Waals surface area contributed by atoms with Gasteiger partial charge in [0.05, 0.1) is 18.6 Å². The number of hydrogen-bond donors (Lipinski definition) is 2. The third-order valence-electron chi connectivity index (χ3n) is 7.94. The molecule has 2 aromatic rings. The fourth-order valence-electron chi connectivity index (χ4n) is 5.84. The number of likely N-dealkylation sites (tertiary alicyclic amines) is 2. The molecule has 5 rings (SSSR count). The third kappa shape index (κ3) is 5.70. The zero-order chi connectivity index (χ0) is 26.5. The summed E-state index contributed by atoms with van der Waals surface area (Å²) in [4.78, 5) is 38.8. The molecule has 0 radical (unpaired) electrons. The normalized spacial score (nSPS) is 22.2. The van der Waals surface area contributed by atoms with Crippen LogP contribution >= 0.6 is 0 Å². The first-order valence-electron chi connectivity index (χ1n) is 13.3. The number of hydrogen-bond acceptors (Lipinski definition) is 9. The monoisotopic (exact) mass is 515 g/mol. The van der Waals surface area contributed by atoms with E-state index in [1.165, 1.54) is 17.5 Å². The maximum atomic E-state index is 13.3. The van der Waals surface area contributed by atoms with Gasteiger partial charge in [-0.15, -0.1) is 0 Å². The standard InChI is InChI=1S/C28H33N7O3/c29-10-5-23(18-36)33-12-7-22(8-13-33)32-27-15-24(30-19-31-27)28(38)35-14-9-25(26(37)17-35)34-11-6-20-3-1-2-4-21(20)16-34/h1-4,15,19,22,25-26,37H,5-9,11-14,16-17H2,(H,30,31,32)/t25-,26-/m1/s1. The van der Waals surface area contributed by atoms with Crippen LogP contribution in [0.2, 0.25) is 0 Å². The van der Waals surface area contributed by atoms with Crippen LogP contribution in [0.3, 0.4) is 0 Å². The van der Waals surface area contributed by atoms with E-state index in [9.17, 15) is 14.7 Å². The number of benzene rings is 1. The highest BCUT2D eigenvalue weighted by atomic mass is 16.3. The van der Waals surface area contributed by atoms with E-state index in [0.29, 0.717) is 43.3 Å². The largest absolute Gasteiger partial charge is 0.390 e. The zero-order valence-electron chi connectivity index (χ0n) is 21.4. The molecule has 1 amide bonds. The maximum absolute atomic E-state index is 13.3. The number of piperidine rings is 2. The number of nitriles is 1. The molecule has 2 N–H and O–H groups in total. The quantitative estimate of drug-likeness (QED) is 0.552. The number of allylic oxidation sites excluding steroid dienone is 1. The van der Waals surface area contributed by atoms with Crippen molar-refractivity contribution in [1.82, 2.24) is 24.7 Å². The van der Waals surface area contributed by atoms with Crippen LogP contribution in [0.4, 0.5) is 5.82 Å². The van der Waals surface area contributed by atoms with Crippen molar-refractivity contribution >= 4 is 17.7 Å². The predicted molar refractivity (Wildman–Crippen MR) is 141 cm³/mol. The number of carbonyl (C=O) groups excluding carboxylic acids is 2. The van der Waals surface area contributed by atoms with Gasteiger partial charge in [0, 0.05) is 57.4 Å². The molecule has 2 fully saturated rings. The molecule has 10 heteroatoms. The van der Waals surface area contributed by atoms with Crippen LogP contribution in [0.15, 0.2) is 42.4 Å². The maximum Gasteiger partial charge on any atom is 0.272 e. The highest BCUT2D eigenvalue weighted by Gasteiger charge is 2.35. The lowest BCUT2D eigenvalue weighted by Crippen LogP contribution is -2.56. The lowest BCUT2D eigenvalue weighted by molar-refractivity contribution is -0.0139. The van der Waals surface area contributed by atoms with Crippen molar-refractivity contribution in [2.75, 3.05) is 38.0 Å². The first-order valence-corrected chi connectivity index (χ1v) is 13.3. The Labute approximate surface area is 222 Å². The van der Waals surface area contributed by atoms with Gasteiger partial charge in [0.2, 0.25) is 0 Å². The van der Waals surface area contributed by atoms with E-state index in [2.05, 4.69) is 44.5 Å². The first kappa shape index (κ1) is 25.9. The predicted octanol–water partition coefficient (Wildman–Crippen LogP) is 1.62. The average molecular weight is 516 g/mol. The minimum absolute atomic E-state index is 0.0311. The van der Waals surface area contributed by atoms with E-state index < -0.39 is 6.10 Å². The van der Waals surface area contributed by atoms with Gasteiger partial charge in [-0.05, 0) is 36.8 Å². The van der Waals surface area contributed by atoms with Crippen LogP contribution in [0.25, 0.3) is 0 Å². The molecule has 0 spiro atoms. The second-order valence-electron chi connectivity index (χ2n) is 10.2. The fraction of sp³-hybridized carbons (Fsp3) is 0.500. The van der Waals surface area contributed by atoms with Crippen LogP contribution in [0.5, 0.6) is 0 Å². The molecule has 0 saturated carbocycles. The highest BCUT2D eigenvalue weighted by Crippen LogP contribution is 2.26. The molecule has 198 valence electrons. The van der Waals surface area contributed by atoms with Crippen LogP contribution in [-0.4, -0.2) is 92.5 Å². The molecule has 1 aromatic heterocycles. The van der Waals surface area contributed by atoms with Gasteiger partial charge in [-0.1, -0.05) is 24.3 Å². The summed E-state index contributed by atoms with van der Waals surface area (Å²) in [6.45, 7) is 3.89. The molecule has 10 nitrogen and oxygen atoms in total. The molecule has 0 bridgehead atoms. The number of rotatable bonds is 6. The van der Waals surface area contributed by atoms with Crippen LogP contribution in [-0.2, 0) is 17.8 Å². The van der Waals surface area contributed by atoms with E-state index in [4.69, 9.17) is 5.26 Å². The van der Waals surface area contributed by atoms with E-state index in [-0.39, 0.29) is 31.0 Å². The smallest absolute Gasteiger partial charge is 0.272 e. The van der Waals surface area contributed by atoms with E-state index >= 15 is 0 Å². The number of aromatic nitrogens is 2. The van der Waals surface area contributed by atoms with Crippen molar-refractivity contribution in [1.29, 1.82) is 5.26 Å². The Balaban J connectivity index is 1.15. The summed E-state index contributed by atoms with van der Waals surface area (Å²) < 4.78 is 0. The Morgan fingerprint density at radius 3 is 2.58 bits per heavy atom. The number of aliphatic hydroxyl groups is 1. The molecule has 3 aliphatic heterocycles. The van der Waals surface area contributed by atoms with Crippen LogP contribution in [0, 0.1) is 11.3 Å². The molecule has 3 aliphatic rings. The van der Waals surface area contributed by atoms with Crippen molar-refractivity contribution in [2.45, 2.75) is 56.8 Å². The fourth-order valence-corrected chi connectivity index (χ4v) is 5.84. The minimum atomic E-state index is -0.617. The van der Waals surface area contributed by atoms with Gasteiger partial charge in [0.25, 0.3) is 5.91 Å². The number of aliphatic hydroxyl groups excluding tert-OH is 1. The van der Waals surface area contributed by atoms with Crippen LogP contribution < -0.4 is 5.32 Å². The molecule has 4 heterocycles. The molecule has 0 unspecified atom stereocenters. The van der Waals surface area contributed by atoms with Crippen molar-refractivity contribution in [3.05, 3.63) is 59.2 Å². The highest BCUT2D eigenvalue weighted by molar-refractivity contribution is 5.93. The Hall–Kier alpha value is -3.77. The average Bonchev–Trinajstić information content (AvgIpc) is 2.96.